The first-order chi connectivity index (χ1) is 7.77. The van der Waals surface area contributed by atoms with E-state index in [1.807, 2.05) is 0 Å². The number of carboxylic acid groups (broad SMARTS) is 1. The Bertz CT molecular complexity index is 160. The normalized spacial score (nSPS) is 9.94. The Balaban J connectivity index is 0. The summed E-state index contributed by atoms with van der Waals surface area (Å²) in [5, 5.41) is 10.1. The Morgan fingerprint density at radius 1 is 0.765 bits per heavy atom. The minimum Gasteiger partial charge on any atom is -0.550 e. The van der Waals surface area contributed by atoms with Crippen LogP contribution in [0.3, 0.4) is 0 Å². The van der Waals surface area contributed by atoms with Crippen LogP contribution in [0, 0.1) is 0 Å². The predicted molar refractivity (Wildman–Crippen MR) is 66.1 cm³/mol. The van der Waals surface area contributed by atoms with Gasteiger partial charge >= 0.3 is 22.4 Å². The van der Waals surface area contributed by atoms with Gasteiger partial charge in [0.2, 0.25) is 0 Å². The van der Waals surface area contributed by atoms with Crippen molar-refractivity contribution >= 4 is 5.97 Å². The fourth-order valence-electron chi connectivity index (χ4n) is 1.93. The fraction of sp³-hybridized carbons (Fsp3) is 0.929. The van der Waals surface area contributed by atoms with Crippen LogP contribution in [0.2, 0.25) is 0 Å². The Kier molecular flexibility index (Phi) is 18.6. The first-order valence-electron chi connectivity index (χ1n) is 6.97. The number of unbranched alkanes of at least 4 members (excludes halogenated alkanes) is 10. The molecule has 0 aromatic rings. The van der Waals surface area contributed by atoms with Crippen LogP contribution in [0.1, 0.15) is 84.0 Å². The van der Waals surface area contributed by atoms with Gasteiger partial charge in [0.25, 0.3) is 0 Å². The minimum atomic E-state index is -0.907. The molecule has 0 aromatic heterocycles. The van der Waals surface area contributed by atoms with Crippen molar-refractivity contribution in [3.05, 3.63) is 0 Å². The van der Waals surface area contributed by atoms with Crippen molar-refractivity contribution in [1.29, 1.82) is 0 Å². The topological polar surface area (TPSA) is 40.1 Å². The van der Waals surface area contributed by atoms with Gasteiger partial charge in [-0.1, -0.05) is 71.1 Å². The second-order valence-electron chi connectivity index (χ2n) is 4.66. The zero-order chi connectivity index (χ0) is 12.1. The molecule has 0 rings (SSSR count). The second-order valence-corrected chi connectivity index (χ2v) is 4.66. The fourth-order valence-corrected chi connectivity index (χ4v) is 1.93. The molecule has 0 fully saturated rings. The van der Waals surface area contributed by atoms with Crippen molar-refractivity contribution in [2.75, 3.05) is 0 Å². The van der Waals surface area contributed by atoms with E-state index in [1.165, 1.54) is 57.8 Å². The maximum absolute atomic E-state index is 10.1. The summed E-state index contributed by atoms with van der Waals surface area (Å²) >= 11 is 0. The summed E-state index contributed by atoms with van der Waals surface area (Å²) in [5.74, 6) is -0.907. The van der Waals surface area contributed by atoms with E-state index in [1.54, 1.807) is 0 Å². The molecule has 0 aliphatic rings. The van der Waals surface area contributed by atoms with Gasteiger partial charge in [0, 0.05) is 5.97 Å². The Hall–Kier alpha value is 0.210. The molecule has 0 aliphatic carbocycles. The van der Waals surface area contributed by atoms with Crippen LogP contribution in [0.25, 0.3) is 0 Å². The van der Waals surface area contributed by atoms with E-state index in [2.05, 4.69) is 6.92 Å². The first-order valence-corrected chi connectivity index (χ1v) is 6.97. The van der Waals surface area contributed by atoms with Gasteiger partial charge in [-0.25, -0.2) is 0 Å². The quantitative estimate of drug-likeness (QED) is 0.356. The van der Waals surface area contributed by atoms with Gasteiger partial charge < -0.3 is 9.90 Å². The number of hydrogen-bond acceptors (Lipinski definition) is 2. The molecular formula is C14H27AuO2. The molecule has 0 amide bonds. The van der Waals surface area contributed by atoms with Crippen LogP contribution in [-0.2, 0) is 27.2 Å². The van der Waals surface area contributed by atoms with Crippen LogP contribution in [0.5, 0.6) is 0 Å². The summed E-state index contributed by atoms with van der Waals surface area (Å²) in [4.78, 5) is 10.1. The summed E-state index contributed by atoms with van der Waals surface area (Å²) in [5.41, 5.74) is 0. The van der Waals surface area contributed by atoms with Crippen molar-refractivity contribution < 1.29 is 32.3 Å². The SMILES string of the molecule is CCCCCCCCCCCCCC(=O)[O-].[Au+]. The number of carbonyl (C=O) groups excluding carboxylic acids is 1. The average molecular weight is 424 g/mol. The summed E-state index contributed by atoms with van der Waals surface area (Å²) in [6, 6.07) is 0. The van der Waals surface area contributed by atoms with Gasteiger partial charge in [0.1, 0.15) is 0 Å². The van der Waals surface area contributed by atoms with E-state index >= 15 is 0 Å². The molecule has 0 bridgehead atoms. The first kappa shape index (κ1) is 19.5. The number of hydrogen-bond donors (Lipinski definition) is 0. The van der Waals surface area contributed by atoms with Crippen molar-refractivity contribution in [3.8, 4) is 0 Å². The summed E-state index contributed by atoms with van der Waals surface area (Å²) in [6.07, 6.45) is 14.0. The molecule has 0 aliphatic heterocycles. The average Bonchev–Trinajstić information content (AvgIpc) is 2.25. The minimum absolute atomic E-state index is 0. The Morgan fingerprint density at radius 3 is 1.47 bits per heavy atom. The van der Waals surface area contributed by atoms with E-state index in [-0.39, 0.29) is 28.8 Å². The molecule has 0 heterocycles. The van der Waals surface area contributed by atoms with E-state index in [0.717, 1.165) is 12.8 Å². The zero-order valence-corrected chi connectivity index (χ0v) is 13.3. The molecule has 0 saturated heterocycles. The van der Waals surface area contributed by atoms with Crippen molar-refractivity contribution in [3.63, 3.8) is 0 Å². The standard InChI is InChI=1S/C14H28O2.Au/c1-2-3-4-5-6-7-8-9-10-11-12-13-14(15)16;/h2-13H2,1H3,(H,15,16);/q;+1/p-1. The van der Waals surface area contributed by atoms with Crippen LogP contribution < -0.4 is 5.11 Å². The molecule has 3 heteroatoms. The molecule has 2 nitrogen and oxygen atoms in total. The molecule has 0 spiro atoms. The predicted octanol–water partition coefficient (Wildman–Crippen LogP) is 3.43. The maximum atomic E-state index is 10.1. The number of carboxylic acids is 1. The van der Waals surface area contributed by atoms with E-state index in [0.29, 0.717) is 0 Å². The zero-order valence-electron chi connectivity index (χ0n) is 11.1. The summed E-state index contributed by atoms with van der Waals surface area (Å²) in [7, 11) is 0. The summed E-state index contributed by atoms with van der Waals surface area (Å²) in [6.45, 7) is 2.24. The van der Waals surface area contributed by atoms with E-state index < -0.39 is 5.97 Å². The molecular weight excluding hydrogens is 397 g/mol. The number of carbonyl (C=O) groups is 1. The monoisotopic (exact) mass is 424 g/mol. The van der Waals surface area contributed by atoms with Crippen LogP contribution >= 0.6 is 0 Å². The van der Waals surface area contributed by atoms with Gasteiger partial charge in [0.15, 0.2) is 0 Å². The largest absolute Gasteiger partial charge is 1.00 e. The maximum Gasteiger partial charge on any atom is 1.00 e. The Morgan fingerprint density at radius 2 is 1.12 bits per heavy atom. The smallest absolute Gasteiger partial charge is 0.550 e. The van der Waals surface area contributed by atoms with E-state index in [9.17, 15) is 9.90 Å². The third kappa shape index (κ3) is 18.8. The van der Waals surface area contributed by atoms with Crippen molar-refractivity contribution in [1.82, 2.24) is 0 Å². The van der Waals surface area contributed by atoms with E-state index in [4.69, 9.17) is 0 Å². The number of aliphatic carboxylic acids is 1. The van der Waals surface area contributed by atoms with Crippen molar-refractivity contribution in [2.24, 2.45) is 0 Å². The van der Waals surface area contributed by atoms with Crippen molar-refractivity contribution in [2.45, 2.75) is 84.0 Å². The Labute approximate surface area is 122 Å². The molecule has 17 heavy (non-hydrogen) atoms. The van der Waals surface area contributed by atoms with Crippen LogP contribution in [-0.4, -0.2) is 5.97 Å². The molecule has 106 valence electrons. The van der Waals surface area contributed by atoms with Gasteiger partial charge in [-0.15, -0.1) is 0 Å². The van der Waals surface area contributed by atoms with Gasteiger partial charge in [-0.2, -0.15) is 0 Å². The molecule has 0 saturated carbocycles. The van der Waals surface area contributed by atoms with Gasteiger partial charge in [-0.3, -0.25) is 0 Å². The van der Waals surface area contributed by atoms with Gasteiger partial charge in [0.05, 0.1) is 0 Å². The summed E-state index contributed by atoms with van der Waals surface area (Å²) < 4.78 is 0. The molecule has 0 unspecified atom stereocenters. The van der Waals surface area contributed by atoms with Crippen LogP contribution in [0.15, 0.2) is 0 Å². The number of rotatable bonds is 12. The second kappa shape index (κ2) is 16.2. The molecule has 0 radical (unpaired) electrons. The molecule has 0 aromatic carbocycles. The molecule has 0 N–H and O–H groups in total. The molecule has 0 atom stereocenters. The van der Waals surface area contributed by atoms with Gasteiger partial charge in [-0.05, 0) is 12.8 Å². The third-order valence-corrected chi connectivity index (χ3v) is 2.98. The van der Waals surface area contributed by atoms with Crippen LogP contribution in [0.4, 0.5) is 0 Å². The third-order valence-electron chi connectivity index (χ3n) is 2.98.